The fourth-order valence-electron chi connectivity index (χ4n) is 2.40. The van der Waals surface area contributed by atoms with Crippen molar-refractivity contribution in [1.29, 1.82) is 0 Å². The maximum atomic E-state index is 13.0. The van der Waals surface area contributed by atoms with Gasteiger partial charge in [0.1, 0.15) is 5.82 Å². The summed E-state index contributed by atoms with van der Waals surface area (Å²) in [7, 11) is 0. The van der Waals surface area contributed by atoms with Crippen LogP contribution in [0.25, 0.3) is 0 Å². The van der Waals surface area contributed by atoms with Crippen molar-refractivity contribution in [2.24, 2.45) is 0 Å². The van der Waals surface area contributed by atoms with Gasteiger partial charge in [0, 0.05) is 21.2 Å². The van der Waals surface area contributed by atoms with E-state index >= 15 is 0 Å². The smallest absolute Gasteiger partial charge is 0.255 e. The second kappa shape index (κ2) is 9.78. The minimum absolute atomic E-state index is 0.151. The normalized spacial score (nSPS) is 10.4. The molecule has 2 N–H and O–H groups in total. The van der Waals surface area contributed by atoms with Crippen LogP contribution in [0.4, 0.5) is 15.8 Å². The van der Waals surface area contributed by atoms with Gasteiger partial charge in [-0.05, 0) is 60.7 Å². The average molecular weight is 449 g/mol. The number of halogens is 3. The first-order valence-electron chi connectivity index (χ1n) is 8.45. The first-order valence-corrected chi connectivity index (χ1v) is 10.2. The van der Waals surface area contributed by atoms with Crippen LogP contribution in [0, 0.1) is 5.82 Å². The zero-order valence-electron chi connectivity index (χ0n) is 14.9. The van der Waals surface area contributed by atoms with Crippen LogP contribution in [0.5, 0.6) is 0 Å². The Balaban J connectivity index is 1.58. The number of hydrogen-bond acceptors (Lipinski definition) is 3. The zero-order valence-corrected chi connectivity index (χ0v) is 17.2. The minimum atomic E-state index is -0.405. The van der Waals surface area contributed by atoms with Crippen LogP contribution < -0.4 is 10.6 Å². The monoisotopic (exact) mass is 448 g/mol. The van der Waals surface area contributed by atoms with Crippen molar-refractivity contribution < 1.29 is 14.0 Å². The Kier molecular flexibility index (Phi) is 7.14. The van der Waals surface area contributed by atoms with E-state index in [0.717, 1.165) is 4.90 Å². The Hall–Kier alpha value is -2.54. The van der Waals surface area contributed by atoms with E-state index in [1.807, 2.05) is 6.07 Å². The number of hydrogen-bond donors (Lipinski definition) is 2. The molecule has 29 heavy (non-hydrogen) atoms. The molecule has 0 unspecified atom stereocenters. The molecule has 0 heterocycles. The lowest BCUT2D eigenvalue weighted by Crippen LogP contribution is -2.14. The molecule has 0 aliphatic rings. The van der Waals surface area contributed by atoms with Gasteiger partial charge in [-0.15, -0.1) is 11.8 Å². The topological polar surface area (TPSA) is 58.2 Å². The zero-order chi connectivity index (χ0) is 20.8. The molecule has 0 saturated heterocycles. The lowest BCUT2D eigenvalue weighted by atomic mass is 10.2. The molecule has 8 heteroatoms. The fraction of sp³-hybridized carbons (Fsp3) is 0.0476. The quantitative estimate of drug-likeness (QED) is 0.446. The minimum Gasteiger partial charge on any atom is -0.324 e. The van der Waals surface area contributed by atoms with Crippen molar-refractivity contribution >= 4 is 58.2 Å². The Bertz CT molecular complexity index is 1050. The van der Waals surface area contributed by atoms with Crippen molar-refractivity contribution in [3.63, 3.8) is 0 Å². The van der Waals surface area contributed by atoms with Gasteiger partial charge in [-0.25, -0.2) is 4.39 Å². The van der Waals surface area contributed by atoms with E-state index in [2.05, 4.69) is 10.6 Å². The molecule has 0 atom stereocenters. The van der Waals surface area contributed by atoms with Gasteiger partial charge in [-0.3, -0.25) is 9.59 Å². The summed E-state index contributed by atoms with van der Waals surface area (Å²) >= 11 is 13.3. The van der Waals surface area contributed by atoms with Gasteiger partial charge >= 0.3 is 0 Å². The average Bonchev–Trinajstić information content (AvgIpc) is 2.70. The summed E-state index contributed by atoms with van der Waals surface area (Å²) in [5.74, 6) is -0.837. The Labute approximate surface area is 181 Å². The highest BCUT2D eigenvalue weighted by molar-refractivity contribution is 8.00. The largest absolute Gasteiger partial charge is 0.324 e. The van der Waals surface area contributed by atoms with Crippen LogP contribution in [0.2, 0.25) is 10.0 Å². The van der Waals surface area contributed by atoms with Gasteiger partial charge in [-0.2, -0.15) is 0 Å². The number of rotatable bonds is 6. The third kappa shape index (κ3) is 6.22. The Morgan fingerprint density at radius 1 is 0.931 bits per heavy atom. The van der Waals surface area contributed by atoms with Gasteiger partial charge in [0.25, 0.3) is 5.91 Å². The number of nitrogens with one attached hydrogen (secondary N) is 2. The molecule has 3 aromatic rings. The van der Waals surface area contributed by atoms with Crippen LogP contribution in [0.15, 0.2) is 71.6 Å². The van der Waals surface area contributed by atoms with E-state index in [9.17, 15) is 14.0 Å². The summed E-state index contributed by atoms with van der Waals surface area (Å²) < 4.78 is 13.0. The van der Waals surface area contributed by atoms with Crippen LogP contribution in [-0.4, -0.2) is 17.6 Å². The third-order valence-electron chi connectivity index (χ3n) is 3.77. The highest BCUT2D eigenvalue weighted by Gasteiger charge is 2.09. The molecular formula is C21H15Cl2FN2O2S. The number of amides is 2. The van der Waals surface area contributed by atoms with Gasteiger partial charge in [-0.1, -0.05) is 29.3 Å². The molecule has 4 nitrogen and oxygen atoms in total. The van der Waals surface area contributed by atoms with E-state index < -0.39 is 5.82 Å². The maximum absolute atomic E-state index is 13.0. The highest BCUT2D eigenvalue weighted by atomic mass is 35.5. The lowest BCUT2D eigenvalue weighted by molar-refractivity contribution is -0.113. The maximum Gasteiger partial charge on any atom is 0.255 e. The summed E-state index contributed by atoms with van der Waals surface area (Å²) in [5.41, 5.74) is 1.37. The standard InChI is InChI=1S/C21H15Cl2FN2O2S/c22-14-6-9-18(23)19(10-14)26-20(27)12-29-17-3-1-2-16(11-17)25-21(28)13-4-7-15(24)8-5-13/h1-11H,12H2,(H,25,28)(H,26,27). The van der Waals surface area contributed by atoms with Gasteiger partial charge in [0.05, 0.1) is 16.5 Å². The van der Waals surface area contributed by atoms with Gasteiger partial charge < -0.3 is 10.6 Å². The molecule has 0 radical (unpaired) electrons. The predicted octanol–water partition coefficient (Wildman–Crippen LogP) is 6.12. The molecular weight excluding hydrogens is 434 g/mol. The SMILES string of the molecule is O=C(CSc1cccc(NC(=O)c2ccc(F)cc2)c1)Nc1cc(Cl)ccc1Cl. The van der Waals surface area contributed by atoms with E-state index in [4.69, 9.17) is 23.2 Å². The predicted molar refractivity (Wildman–Crippen MR) is 117 cm³/mol. The second-order valence-corrected chi connectivity index (χ2v) is 7.84. The molecule has 3 aromatic carbocycles. The Morgan fingerprint density at radius 2 is 1.69 bits per heavy atom. The summed E-state index contributed by atoms with van der Waals surface area (Å²) in [6.45, 7) is 0. The van der Waals surface area contributed by atoms with E-state index in [1.165, 1.54) is 36.0 Å². The van der Waals surface area contributed by atoms with Crippen LogP contribution in [0.1, 0.15) is 10.4 Å². The molecule has 2 amide bonds. The van der Waals surface area contributed by atoms with E-state index in [1.54, 1.807) is 36.4 Å². The first-order chi connectivity index (χ1) is 13.9. The van der Waals surface area contributed by atoms with E-state index in [-0.39, 0.29) is 17.6 Å². The first kappa shape index (κ1) is 21.2. The number of anilines is 2. The Morgan fingerprint density at radius 3 is 2.45 bits per heavy atom. The molecule has 0 fully saturated rings. The van der Waals surface area contributed by atoms with Crippen molar-refractivity contribution in [1.82, 2.24) is 0 Å². The summed E-state index contributed by atoms with van der Waals surface area (Å²) in [6, 6.07) is 17.2. The molecule has 148 valence electrons. The van der Waals surface area contributed by atoms with Crippen molar-refractivity contribution in [3.05, 3.63) is 88.2 Å². The molecule has 0 aromatic heterocycles. The van der Waals surface area contributed by atoms with Crippen molar-refractivity contribution in [2.75, 3.05) is 16.4 Å². The summed E-state index contributed by atoms with van der Waals surface area (Å²) in [6.07, 6.45) is 0. The van der Waals surface area contributed by atoms with Crippen molar-refractivity contribution in [3.8, 4) is 0 Å². The third-order valence-corrected chi connectivity index (χ3v) is 5.33. The van der Waals surface area contributed by atoms with Gasteiger partial charge in [0.15, 0.2) is 0 Å². The second-order valence-electron chi connectivity index (χ2n) is 5.95. The molecule has 0 aliphatic heterocycles. The van der Waals surface area contributed by atoms with Crippen LogP contribution >= 0.6 is 35.0 Å². The molecule has 0 saturated carbocycles. The summed E-state index contributed by atoms with van der Waals surface area (Å²) in [5, 5.41) is 6.34. The van der Waals surface area contributed by atoms with E-state index in [0.29, 0.717) is 27.0 Å². The van der Waals surface area contributed by atoms with Gasteiger partial charge in [0.2, 0.25) is 5.91 Å². The fourth-order valence-corrected chi connectivity index (χ4v) is 3.49. The number of benzene rings is 3. The molecule has 0 aliphatic carbocycles. The number of carbonyl (C=O) groups is 2. The number of thioether (sulfide) groups is 1. The highest BCUT2D eigenvalue weighted by Crippen LogP contribution is 2.26. The van der Waals surface area contributed by atoms with Crippen LogP contribution in [-0.2, 0) is 4.79 Å². The number of carbonyl (C=O) groups excluding carboxylic acids is 2. The van der Waals surface area contributed by atoms with Crippen LogP contribution in [0.3, 0.4) is 0 Å². The summed E-state index contributed by atoms with van der Waals surface area (Å²) in [4.78, 5) is 25.2. The molecule has 0 spiro atoms. The molecule has 0 bridgehead atoms. The molecule has 3 rings (SSSR count). The van der Waals surface area contributed by atoms with Crippen molar-refractivity contribution in [2.45, 2.75) is 4.90 Å². The lowest BCUT2D eigenvalue weighted by Gasteiger charge is -2.09.